The molecule has 1 N–H and O–H groups in total. The smallest absolute Gasteiger partial charge is 0.133 e. The van der Waals surface area contributed by atoms with E-state index in [1.807, 2.05) is 20.8 Å². The monoisotopic (exact) mass is 158 g/mol. The van der Waals surface area contributed by atoms with Crippen LogP contribution in [-0.4, -0.2) is 17.5 Å². The lowest BCUT2D eigenvalue weighted by atomic mass is 9.83. The van der Waals surface area contributed by atoms with Gasteiger partial charge in [0.1, 0.15) is 5.78 Å². The summed E-state index contributed by atoms with van der Waals surface area (Å²) in [6.07, 6.45) is 1.95. The van der Waals surface area contributed by atoms with Crippen molar-refractivity contribution in [2.24, 2.45) is 5.41 Å². The summed E-state index contributed by atoms with van der Waals surface area (Å²) in [7, 11) is 0. The first-order valence-electron chi connectivity index (χ1n) is 4.20. The third-order valence-electron chi connectivity index (χ3n) is 2.25. The van der Waals surface area contributed by atoms with E-state index >= 15 is 0 Å². The van der Waals surface area contributed by atoms with E-state index < -0.39 is 0 Å². The molecule has 11 heavy (non-hydrogen) atoms. The second kappa shape index (κ2) is 4.50. The van der Waals surface area contributed by atoms with Crippen LogP contribution in [-0.2, 0) is 4.79 Å². The average molecular weight is 158 g/mol. The Balaban J connectivity index is 3.96. The van der Waals surface area contributed by atoms with Gasteiger partial charge in [0.15, 0.2) is 0 Å². The zero-order valence-corrected chi connectivity index (χ0v) is 7.68. The molecule has 0 aromatic carbocycles. The zero-order valence-electron chi connectivity index (χ0n) is 7.68. The zero-order chi connectivity index (χ0) is 8.91. The summed E-state index contributed by atoms with van der Waals surface area (Å²) in [6.45, 7) is 5.91. The lowest BCUT2D eigenvalue weighted by Crippen LogP contribution is -2.23. The van der Waals surface area contributed by atoms with E-state index in [-0.39, 0.29) is 17.8 Å². The maximum Gasteiger partial charge on any atom is 0.133 e. The van der Waals surface area contributed by atoms with Gasteiger partial charge >= 0.3 is 0 Å². The van der Waals surface area contributed by atoms with Gasteiger partial charge in [-0.25, -0.2) is 0 Å². The fourth-order valence-electron chi connectivity index (χ4n) is 0.894. The first-order valence-corrected chi connectivity index (χ1v) is 4.20. The van der Waals surface area contributed by atoms with Gasteiger partial charge in [0.25, 0.3) is 0 Å². The van der Waals surface area contributed by atoms with Crippen LogP contribution >= 0.6 is 0 Å². The predicted molar refractivity (Wildman–Crippen MR) is 45.4 cm³/mol. The lowest BCUT2D eigenvalue weighted by Gasteiger charge is -2.24. The summed E-state index contributed by atoms with van der Waals surface area (Å²) in [5, 5.41) is 8.98. The number of carbonyl (C=O) groups excluding carboxylic acids is 1. The molecule has 0 aromatic heterocycles. The SMILES string of the molecule is CCC(=O)CC(C)(CC)CO. The Bertz CT molecular complexity index is 126. The number of hydrogen-bond acceptors (Lipinski definition) is 2. The van der Waals surface area contributed by atoms with Crippen LogP contribution in [0.2, 0.25) is 0 Å². The standard InChI is InChI=1S/C9H18O2/c1-4-8(11)6-9(3,5-2)7-10/h10H,4-7H2,1-3H3. The molecule has 0 bridgehead atoms. The van der Waals surface area contributed by atoms with E-state index in [0.717, 1.165) is 6.42 Å². The minimum atomic E-state index is -0.187. The Morgan fingerprint density at radius 2 is 2.00 bits per heavy atom. The van der Waals surface area contributed by atoms with Crippen LogP contribution in [0.5, 0.6) is 0 Å². The molecule has 0 fully saturated rings. The Morgan fingerprint density at radius 3 is 2.27 bits per heavy atom. The molecule has 1 unspecified atom stereocenters. The van der Waals surface area contributed by atoms with Crippen molar-refractivity contribution in [2.45, 2.75) is 40.0 Å². The maximum atomic E-state index is 11.0. The summed E-state index contributed by atoms with van der Waals surface area (Å²) in [5.41, 5.74) is -0.187. The van der Waals surface area contributed by atoms with Crippen LogP contribution in [0.3, 0.4) is 0 Å². The highest BCUT2D eigenvalue weighted by Gasteiger charge is 2.23. The second-order valence-corrected chi connectivity index (χ2v) is 3.39. The van der Waals surface area contributed by atoms with Gasteiger partial charge in [-0.05, 0) is 11.8 Å². The number of aliphatic hydroxyl groups excluding tert-OH is 1. The molecule has 0 aromatic rings. The quantitative estimate of drug-likeness (QED) is 0.662. The molecule has 0 saturated carbocycles. The van der Waals surface area contributed by atoms with Gasteiger partial charge in [0.05, 0.1) is 0 Å². The molecule has 0 spiro atoms. The molecule has 2 heteroatoms. The molecule has 0 radical (unpaired) electrons. The van der Waals surface area contributed by atoms with Crippen molar-refractivity contribution in [3.63, 3.8) is 0 Å². The fraction of sp³-hybridized carbons (Fsp3) is 0.889. The molecular weight excluding hydrogens is 140 g/mol. The maximum absolute atomic E-state index is 11.0. The van der Waals surface area contributed by atoms with Crippen LogP contribution in [0.4, 0.5) is 0 Å². The molecule has 0 heterocycles. The molecule has 0 aliphatic carbocycles. The minimum absolute atomic E-state index is 0.106. The third kappa shape index (κ3) is 3.51. The molecular formula is C9H18O2. The number of Topliss-reactive ketones (excluding diaryl/α,β-unsaturated/α-hetero) is 1. The van der Waals surface area contributed by atoms with Gasteiger partial charge in [0, 0.05) is 19.4 Å². The average Bonchev–Trinajstić information content (AvgIpc) is 2.04. The normalized spacial score (nSPS) is 16.0. The van der Waals surface area contributed by atoms with Crippen molar-refractivity contribution in [1.29, 1.82) is 0 Å². The summed E-state index contributed by atoms with van der Waals surface area (Å²) in [5.74, 6) is 0.239. The highest BCUT2D eigenvalue weighted by molar-refractivity contribution is 5.78. The van der Waals surface area contributed by atoms with E-state index in [2.05, 4.69) is 0 Å². The van der Waals surface area contributed by atoms with Gasteiger partial charge in [-0.2, -0.15) is 0 Å². The summed E-state index contributed by atoms with van der Waals surface area (Å²) < 4.78 is 0. The van der Waals surface area contributed by atoms with Gasteiger partial charge in [0.2, 0.25) is 0 Å². The van der Waals surface area contributed by atoms with Crippen molar-refractivity contribution in [1.82, 2.24) is 0 Å². The van der Waals surface area contributed by atoms with E-state index in [1.165, 1.54) is 0 Å². The highest BCUT2D eigenvalue weighted by atomic mass is 16.3. The van der Waals surface area contributed by atoms with Crippen molar-refractivity contribution in [3.8, 4) is 0 Å². The van der Waals surface area contributed by atoms with Gasteiger partial charge in [-0.3, -0.25) is 4.79 Å². The Morgan fingerprint density at radius 1 is 1.45 bits per heavy atom. The molecule has 0 aliphatic heterocycles. The third-order valence-corrected chi connectivity index (χ3v) is 2.25. The second-order valence-electron chi connectivity index (χ2n) is 3.39. The van der Waals surface area contributed by atoms with E-state index in [0.29, 0.717) is 12.8 Å². The topological polar surface area (TPSA) is 37.3 Å². The lowest BCUT2D eigenvalue weighted by molar-refractivity contribution is -0.121. The minimum Gasteiger partial charge on any atom is -0.396 e. The van der Waals surface area contributed by atoms with Crippen LogP contribution in [0, 0.1) is 5.41 Å². The van der Waals surface area contributed by atoms with E-state index in [4.69, 9.17) is 5.11 Å². The summed E-state index contributed by atoms with van der Waals surface area (Å²) in [6, 6.07) is 0. The molecule has 0 aliphatic rings. The Kier molecular flexibility index (Phi) is 4.34. The number of ketones is 1. The van der Waals surface area contributed by atoms with E-state index in [1.54, 1.807) is 0 Å². The van der Waals surface area contributed by atoms with Crippen molar-refractivity contribution < 1.29 is 9.90 Å². The summed E-state index contributed by atoms with van der Waals surface area (Å²) in [4.78, 5) is 11.0. The van der Waals surface area contributed by atoms with Crippen LogP contribution in [0.1, 0.15) is 40.0 Å². The number of carbonyl (C=O) groups is 1. The fourth-order valence-corrected chi connectivity index (χ4v) is 0.894. The van der Waals surface area contributed by atoms with E-state index in [9.17, 15) is 4.79 Å². The first kappa shape index (κ1) is 10.6. The number of rotatable bonds is 5. The highest BCUT2D eigenvalue weighted by Crippen LogP contribution is 2.25. The van der Waals surface area contributed by atoms with Gasteiger partial charge in [-0.15, -0.1) is 0 Å². The van der Waals surface area contributed by atoms with Crippen LogP contribution in [0.25, 0.3) is 0 Å². The van der Waals surface area contributed by atoms with Crippen LogP contribution in [0.15, 0.2) is 0 Å². The van der Waals surface area contributed by atoms with Crippen LogP contribution < -0.4 is 0 Å². The van der Waals surface area contributed by atoms with Crippen molar-refractivity contribution in [3.05, 3.63) is 0 Å². The number of aliphatic hydroxyl groups is 1. The predicted octanol–water partition coefficient (Wildman–Crippen LogP) is 1.76. The Labute approximate surface area is 68.6 Å². The van der Waals surface area contributed by atoms with Crippen molar-refractivity contribution in [2.75, 3.05) is 6.61 Å². The molecule has 1 atom stereocenters. The molecule has 0 saturated heterocycles. The largest absolute Gasteiger partial charge is 0.396 e. The summed E-state index contributed by atoms with van der Waals surface area (Å²) >= 11 is 0. The molecule has 66 valence electrons. The van der Waals surface area contributed by atoms with Gasteiger partial charge < -0.3 is 5.11 Å². The first-order chi connectivity index (χ1) is 5.08. The Hall–Kier alpha value is -0.370. The van der Waals surface area contributed by atoms with Gasteiger partial charge in [-0.1, -0.05) is 20.8 Å². The molecule has 0 rings (SSSR count). The molecule has 2 nitrogen and oxygen atoms in total. The number of hydrogen-bond donors (Lipinski definition) is 1. The van der Waals surface area contributed by atoms with Crippen molar-refractivity contribution >= 4 is 5.78 Å². The molecule has 0 amide bonds.